The molecule has 0 spiro atoms. The highest BCUT2D eigenvalue weighted by atomic mass is 19.4. The number of halogens is 3. The average Bonchev–Trinajstić information content (AvgIpc) is 2.64. The number of rotatable bonds is 1. The van der Waals surface area contributed by atoms with Gasteiger partial charge in [-0.2, -0.15) is 13.2 Å². The minimum absolute atomic E-state index is 0.0704. The monoisotopic (exact) mass is 316 g/mol. The van der Waals surface area contributed by atoms with Crippen molar-refractivity contribution in [2.24, 2.45) is 0 Å². The number of hydrogen-bond acceptors (Lipinski definition) is 5. The van der Waals surface area contributed by atoms with E-state index in [2.05, 4.69) is 28.7 Å². The van der Waals surface area contributed by atoms with E-state index in [9.17, 15) is 13.2 Å². The third-order valence-corrected chi connectivity index (χ3v) is 4.18. The summed E-state index contributed by atoms with van der Waals surface area (Å²) in [4.78, 5) is 12.1. The highest BCUT2D eigenvalue weighted by Gasteiger charge is 2.37. The molecular weight excluding hydrogens is 297 g/mol. The van der Waals surface area contributed by atoms with Crippen molar-refractivity contribution in [2.45, 2.75) is 38.7 Å². The first-order valence-corrected chi connectivity index (χ1v) is 7.38. The molecule has 2 aliphatic heterocycles. The fourth-order valence-electron chi connectivity index (χ4n) is 2.96. The summed E-state index contributed by atoms with van der Waals surface area (Å²) in [5, 5.41) is 0. The highest BCUT2D eigenvalue weighted by molar-refractivity contribution is 5.46. The van der Waals surface area contributed by atoms with Gasteiger partial charge in [0.15, 0.2) is 11.5 Å². The number of anilines is 1. The summed E-state index contributed by atoms with van der Waals surface area (Å²) in [7, 11) is 0. The summed E-state index contributed by atoms with van der Waals surface area (Å²) < 4.78 is 43.9. The molecule has 0 saturated carbocycles. The van der Waals surface area contributed by atoms with Crippen LogP contribution < -0.4 is 4.90 Å². The molecule has 0 radical (unpaired) electrons. The minimum Gasteiger partial charge on any atom is -0.373 e. The van der Waals surface area contributed by atoms with E-state index in [1.807, 2.05) is 4.90 Å². The Morgan fingerprint density at radius 3 is 2.77 bits per heavy atom. The second-order valence-corrected chi connectivity index (χ2v) is 5.97. The number of ether oxygens (including phenoxy) is 1. The van der Waals surface area contributed by atoms with Crippen LogP contribution in [0.1, 0.15) is 25.2 Å². The van der Waals surface area contributed by atoms with Crippen molar-refractivity contribution >= 4 is 5.82 Å². The molecule has 0 aromatic carbocycles. The van der Waals surface area contributed by atoms with Crippen LogP contribution >= 0.6 is 0 Å². The van der Waals surface area contributed by atoms with Crippen molar-refractivity contribution in [2.75, 3.05) is 31.1 Å². The number of nitrogens with zero attached hydrogens (tertiary/aromatic N) is 4. The van der Waals surface area contributed by atoms with Gasteiger partial charge in [0.1, 0.15) is 5.69 Å². The van der Waals surface area contributed by atoms with Gasteiger partial charge in [-0.3, -0.25) is 4.90 Å². The van der Waals surface area contributed by atoms with E-state index in [-0.39, 0.29) is 18.3 Å². The van der Waals surface area contributed by atoms with Gasteiger partial charge >= 0.3 is 6.18 Å². The molecule has 1 aromatic rings. The molecule has 0 unspecified atom stereocenters. The first-order chi connectivity index (χ1) is 10.4. The lowest BCUT2D eigenvalue weighted by Crippen LogP contribution is -2.56. The molecule has 3 heterocycles. The minimum atomic E-state index is -4.48. The third kappa shape index (κ3) is 2.89. The van der Waals surface area contributed by atoms with Gasteiger partial charge in [-0.1, -0.05) is 0 Å². The van der Waals surface area contributed by atoms with Gasteiger partial charge in [0, 0.05) is 25.7 Å². The average molecular weight is 316 g/mol. The standard InChI is InChI=1S/C14H19F3N4O/c1-9(2)20-3-4-21-10(6-20)7-22-8-11-13(21)18-5-12(19-11)14(15,16)17/h5,9-10H,3-4,6-8H2,1-2H3/t10-/m0/s1. The molecule has 1 atom stereocenters. The zero-order valence-corrected chi connectivity index (χ0v) is 12.6. The van der Waals surface area contributed by atoms with Crippen LogP contribution in [0.15, 0.2) is 6.20 Å². The van der Waals surface area contributed by atoms with Gasteiger partial charge in [0.25, 0.3) is 0 Å². The number of aromatic nitrogens is 2. The zero-order valence-electron chi connectivity index (χ0n) is 12.6. The van der Waals surface area contributed by atoms with E-state index in [4.69, 9.17) is 4.74 Å². The van der Waals surface area contributed by atoms with Crippen LogP contribution in [0.3, 0.4) is 0 Å². The van der Waals surface area contributed by atoms with Gasteiger partial charge in [0.2, 0.25) is 0 Å². The summed E-state index contributed by atoms with van der Waals surface area (Å²) in [6, 6.07) is 0.534. The molecule has 1 saturated heterocycles. The molecule has 3 rings (SSSR count). The molecule has 0 amide bonds. The smallest absolute Gasteiger partial charge is 0.373 e. The van der Waals surface area contributed by atoms with Crippen LogP contribution in [0.2, 0.25) is 0 Å². The van der Waals surface area contributed by atoms with Gasteiger partial charge in [-0.05, 0) is 13.8 Å². The summed E-state index contributed by atoms with van der Waals surface area (Å²) >= 11 is 0. The number of piperazine rings is 1. The predicted molar refractivity (Wildman–Crippen MR) is 74.5 cm³/mol. The van der Waals surface area contributed by atoms with Crippen molar-refractivity contribution in [1.29, 1.82) is 0 Å². The van der Waals surface area contributed by atoms with Crippen LogP contribution in [0, 0.1) is 0 Å². The van der Waals surface area contributed by atoms with E-state index < -0.39 is 11.9 Å². The summed E-state index contributed by atoms with van der Waals surface area (Å²) in [5.74, 6) is 0.527. The Kier molecular flexibility index (Phi) is 3.98. The molecule has 122 valence electrons. The van der Waals surface area contributed by atoms with E-state index in [0.717, 1.165) is 25.8 Å². The van der Waals surface area contributed by atoms with E-state index in [1.165, 1.54) is 0 Å². The van der Waals surface area contributed by atoms with Crippen molar-refractivity contribution in [3.05, 3.63) is 17.6 Å². The molecular formula is C14H19F3N4O. The number of hydrogen-bond donors (Lipinski definition) is 0. The first-order valence-electron chi connectivity index (χ1n) is 7.38. The summed E-state index contributed by atoms with van der Waals surface area (Å²) in [6.45, 7) is 7.21. The molecule has 5 nitrogen and oxygen atoms in total. The van der Waals surface area contributed by atoms with Crippen molar-refractivity contribution < 1.29 is 17.9 Å². The Morgan fingerprint density at radius 1 is 1.32 bits per heavy atom. The topological polar surface area (TPSA) is 41.5 Å². The number of fused-ring (bicyclic) bond motifs is 3. The third-order valence-electron chi connectivity index (χ3n) is 4.18. The lowest BCUT2D eigenvalue weighted by Gasteiger charge is -2.42. The fourth-order valence-corrected chi connectivity index (χ4v) is 2.96. The van der Waals surface area contributed by atoms with Gasteiger partial charge in [-0.15, -0.1) is 0 Å². The molecule has 2 aliphatic rings. The quantitative estimate of drug-likeness (QED) is 0.792. The molecule has 8 heteroatoms. The maximum absolute atomic E-state index is 12.8. The Morgan fingerprint density at radius 2 is 2.09 bits per heavy atom. The molecule has 0 N–H and O–H groups in total. The van der Waals surface area contributed by atoms with Crippen molar-refractivity contribution in [3.8, 4) is 0 Å². The molecule has 0 bridgehead atoms. The molecule has 0 aliphatic carbocycles. The summed E-state index contributed by atoms with van der Waals surface area (Å²) in [6.07, 6.45) is -3.67. The lowest BCUT2D eigenvalue weighted by molar-refractivity contribution is -0.141. The normalized spacial score (nSPS) is 23.2. The maximum atomic E-state index is 12.8. The van der Waals surface area contributed by atoms with Crippen molar-refractivity contribution in [3.63, 3.8) is 0 Å². The molecule has 1 aromatic heterocycles. The predicted octanol–water partition coefficient (Wildman–Crippen LogP) is 1.92. The van der Waals surface area contributed by atoms with E-state index in [0.29, 0.717) is 18.5 Å². The maximum Gasteiger partial charge on any atom is 0.434 e. The van der Waals surface area contributed by atoms with Crippen LogP contribution in [0.25, 0.3) is 0 Å². The highest BCUT2D eigenvalue weighted by Crippen LogP contribution is 2.31. The second-order valence-electron chi connectivity index (χ2n) is 5.97. The first kappa shape index (κ1) is 15.5. The molecule has 22 heavy (non-hydrogen) atoms. The summed E-state index contributed by atoms with van der Waals surface area (Å²) in [5.41, 5.74) is -0.690. The Bertz CT molecular complexity index is 549. The fraction of sp³-hybridized carbons (Fsp3) is 0.714. The lowest BCUT2D eigenvalue weighted by atomic mass is 10.1. The van der Waals surface area contributed by atoms with E-state index >= 15 is 0 Å². The van der Waals surface area contributed by atoms with Crippen molar-refractivity contribution in [1.82, 2.24) is 14.9 Å². The van der Waals surface area contributed by atoms with Crippen LogP contribution in [-0.2, 0) is 17.5 Å². The Balaban J connectivity index is 1.89. The SMILES string of the molecule is CC(C)N1CCN2c3ncc(C(F)(F)F)nc3COC[C@@H]2C1. The van der Waals surface area contributed by atoms with Gasteiger partial charge in [-0.25, -0.2) is 9.97 Å². The van der Waals surface area contributed by atoms with Gasteiger partial charge in [0.05, 0.1) is 25.5 Å². The van der Waals surface area contributed by atoms with Crippen LogP contribution in [0.4, 0.5) is 19.0 Å². The van der Waals surface area contributed by atoms with E-state index in [1.54, 1.807) is 0 Å². The molecule has 1 fully saturated rings. The largest absolute Gasteiger partial charge is 0.434 e. The second kappa shape index (κ2) is 5.66. The number of alkyl halides is 3. The van der Waals surface area contributed by atoms with Gasteiger partial charge < -0.3 is 9.64 Å². The Labute approximate surface area is 127 Å². The van der Waals surface area contributed by atoms with Crippen LogP contribution in [-0.4, -0.2) is 53.2 Å². The zero-order chi connectivity index (χ0) is 15.9. The van der Waals surface area contributed by atoms with Crippen LogP contribution in [0.5, 0.6) is 0 Å². The Hall–Kier alpha value is -1.41.